The van der Waals surface area contributed by atoms with Crippen molar-refractivity contribution in [3.05, 3.63) is 40.9 Å². The fourth-order valence-corrected chi connectivity index (χ4v) is 1.91. The van der Waals surface area contributed by atoms with Crippen LogP contribution >= 0.6 is 23.2 Å². The minimum atomic E-state index is -0.676. The Hall–Kier alpha value is -1.92. The van der Waals surface area contributed by atoms with Crippen molar-refractivity contribution in [2.24, 2.45) is 0 Å². The zero-order valence-corrected chi connectivity index (χ0v) is 13.8. The Labute approximate surface area is 138 Å². The first-order valence-corrected chi connectivity index (χ1v) is 7.15. The molecule has 0 spiro atoms. The Bertz CT molecular complexity index is 643. The minimum Gasteiger partial charge on any atom is -0.443 e. The number of carbonyl (C=O) groups is 1. The summed E-state index contributed by atoms with van der Waals surface area (Å²) in [5.74, 6) is 0.0523. The molecule has 0 saturated heterocycles. The van der Waals surface area contributed by atoms with E-state index in [9.17, 15) is 4.79 Å². The predicted octanol–water partition coefficient (Wildman–Crippen LogP) is 4.25. The highest BCUT2D eigenvalue weighted by molar-refractivity contribution is 6.31. The van der Waals surface area contributed by atoms with Crippen molar-refractivity contribution >= 4 is 40.9 Å². The average molecular weight is 341 g/mol. The third-order valence-corrected chi connectivity index (χ3v) is 2.79. The van der Waals surface area contributed by atoms with Crippen LogP contribution < -0.4 is 4.90 Å². The first-order valence-electron chi connectivity index (χ1n) is 6.39. The van der Waals surface area contributed by atoms with E-state index in [1.807, 2.05) is 0 Å². The van der Waals surface area contributed by atoms with E-state index in [4.69, 9.17) is 27.9 Å². The van der Waals surface area contributed by atoms with Crippen LogP contribution in [0, 0.1) is 0 Å². The fraction of sp³-hybridized carbons (Fsp3) is 0.286. The SMILES string of the molecule is CC(C)(C)OC(=O)N(c1cccc(Cl)c1)c1ncnc(Cl)n1. The largest absolute Gasteiger partial charge is 0.443 e. The van der Waals surface area contributed by atoms with Gasteiger partial charge in [-0.25, -0.2) is 19.7 Å². The summed E-state index contributed by atoms with van der Waals surface area (Å²) in [6.45, 7) is 5.30. The number of rotatable bonds is 2. The highest BCUT2D eigenvalue weighted by atomic mass is 35.5. The molecule has 2 rings (SSSR count). The summed E-state index contributed by atoms with van der Waals surface area (Å²) in [6, 6.07) is 6.69. The predicted molar refractivity (Wildman–Crippen MR) is 84.7 cm³/mol. The van der Waals surface area contributed by atoms with Gasteiger partial charge < -0.3 is 4.74 Å². The van der Waals surface area contributed by atoms with Gasteiger partial charge in [-0.1, -0.05) is 17.7 Å². The van der Waals surface area contributed by atoms with Gasteiger partial charge in [-0.2, -0.15) is 4.98 Å². The molecule has 8 heteroatoms. The number of benzene rings is 1. The Morgan fingerprint density at radius 1 is 1.23 bits per heavy atom. The van der Waals surface area contributed by atoms with E-state index in [-0.39, 0.29) is 11.2 Å². The van der Waals surface area contributed by atoms with Crippen LogP contribution in [0.4, 0.5) is 16.4 Å². The van der Waals surface area contributed by atoms with Gasteiger partial charge >= 0.3 is 6.09 Å². The van der Waals surface area contributed by atoms with Crippen molar-refractivity contribution < 1.29 is 9.53 Å². The summed E-state index contributed by atoms with van der Waals surface area (Å²) in [5.41, 5.74) is -0.214. The minimum absolute atomic E-state index is 0.0272. The van der Waals surface area contributed by atoms with Crippen LogP contribution in [0.2, 0.25) is 10.3 Å². The van der Waals surface area contributed by atoms with Crippen LogP contribution in [0.1, 0.15) is 20.8 Å². The van der Waals surface area contributed by atoms with Crippen LogP contribution in [0.5, 0.6) is 0 Å². The number of nitrogens with zero attached hydrogens (tertiary/aromatic N) is 4. The van der Waals surface area contributed by atoms with E-state index in [2.05, 4.69) is 15.0 Å². The Morgan fingerprint density at radius 3 is 2.55 bits per heavy atom. The normalized spacial score (nSPS) is 11.1. The van der Waals surface area contributed by atoms with Gasteiger partial charge in [0.15, 0.2) is 0 Å². The first-order chi connectivity index (χ1) is 10.3. The topological polar surface area (TPSA) is 68.2 Å². The van der Waals surface area contributed by atoms with Gasteiger partial charge in [0.2, 0.25) is 11.2 Å². The number of hydrogen-bond acceptors (Lipinski definition) is 5. The number of ether oxygens (including phenoxy) is 1. The van der Waals surface area contributed by atoms with Gasteiger partial charge in [0, 0.05) is 5.02 Å². The number of amides is 1. The third kappa shape index (κ3) is 4.29. The molecule has 0 aliphatic rings. The summed E-state index contributed by atoms with van der Waals surface area (Å²) in [4.78, 5) is 25.3. The maximum atomic E-state index is 12.5. The van der Waals surface area contributed by atoms with Crippen molar-refractivity contribution in [3.8, 4) is 0 Å². The highest BCUT2D eigenvalue weighted by Gasteiger charge is 2.27. The van der Waals surface area contributed by atoms with E-state index in [0.717, 1.165) is 0 Å². The molecule has 1 amide bonds. The molecule has 0 aliphatic carbocycles. The first kappa shape index (κ1) is 16.5. The average Bonchev–Trinajstić information content (AvgIpc) is 2.37. The molecule has 2 aromatic rings. The van der Waals surface area contributed by atoms with Crippen molar-refractivity contribution in [2.45, 2.75) is 26.4 Å². The molecule has 0 fully saturated rings. The van der Waals surface area contributed by atoms with E-state index >= 15 is 0 Å². The van der Waals surface area contributed by atoms with Gasteiger partial charge in [-0.05, 0) is 50.6 Å². The molecular weight excluding hydrogens is 327 g/mol. The molecule has 22 heavy (non-hydrogen) atoms. The monoisotopic (exact) mass is 340 g/mol. The summed E-state index contributed by atoms with van der Waals surface area (Å²) < 4.78 is 5.39. The third-order valence-electron chi connectivity index (χ3n) is 2.37. The number of anilines is 2. The lowest BCUT2D eigenvalue weighted by Crippen LogP contribution is -2.34. The maximum Gasteiger partial charge on any atom is 0.421 e. The van der Waals surface area contributed by atoms with Crippen LogP contribution in [0.3, 0.4) is 0 Å². The molecule has 0 aliphatic heterocycles. The van der Waals surface area contributed by atoms with Crippen LogP contribution in [0.15, 0.2) is 30.6 Å². The Morgan fingerprint density at radius 2 is 1.95 bits per heavy atom. The Kier molecular flexibility index (Phi) is 4.83. The lowest BCUT2D eigenvalue weighted by Gasteiger charge is -2.26. The molecule has 116 valence electrons. The zero-order chi connectivity index (χ0) is 16.3. The van der Waals surface area contributed by atoms with Gasteiger partial charge in [0.1, 0.15) is 11.9 Å². The molecule has 0 atom stereocenters. The number of aromatic nitrogens is 3. The smallest absolute Gasteiger partial charge is 0.421 e. The van der Waals surface area contributed by atoms with Crippen molar-refractivity contribution in [2.75, 3.05) is 4.90 Å². The van der Waals surface area contributed by atoms with Gasteiger partial charge in [0.05, 0.1) is 5.69 Å². The zero-order valence-electron chi connectivity index (χ0n) is 12.2. The maximum absolute atomic E-state index is 12.5. The molecular formula is C14H14Cl2N4O2. The molecule has 6 nitrogen and oxygen atoms in total. The molecule has 1 aromatic heterocycles. The highest BCUT2D eigenvalue weighted by Crippen LogP contribution is 2.27. The van der Waals surface area contributed by atoms with Gasteiger partial charge in [-0.15, -0.1) is 0 Å². The molecule has 0 bridgehead atoms. The van der Waals surface area contributed by atoms with Crippen LogP contribution in [-0.2, 0) is 4.74 Å². The van der Waals surface area contributed by atoms with E-state index in [1.54, 1.807) is 45.0 Å². The second kappa shape index (κ2) is 6.46. The van der Waals surface area contributed by atoms with Crippen molar-refractivity contribution in [1.29, 1.82) is 0 Å². The second-order valence-corrected chi connectivity index (χ2v) is 6.12. The molecule has 0 unspecified atom stereocenters. The van der Waals surface area contributed by atoms with Crippen LogP contribution in [0.25, 0.3) is 0 Å². The summed E-state index contributed by atoms with van der Waals surface area (Å²) in [7, 11) is 0. The second-order valence-electron chi connectivity index (χ2n) is 5.35. The summed E-state index contributed by atoms with van der Waals surface area (Å²) in [5, 5.41) is 0.437. The Balaban J connectivity index is 2.47. The lowest BCUT2D eigenvalue weighted by atomic mass is 10.2. The molecule has 1 aromatic carbocycles. The number of carbonyl (C=O) groups excluding carboxylic acids is 1. The number of halogens is 2. The standard InChI is InChI=1S/C14H14Cl2N4O2/c1-14(2,3)22-13(21)20(10-6-4-5-9(15)7-10)12-18-8-17-11(16)19-12/h4-8H,1-3H3. The van der Waals surface area contributed by atoms with E-state index in [0.29, 0.717) is 10.7 Å². The van der Waals surface area contributed by atoms with Crippen molar-refractivity contribution in [3.63, 3.8) is 0 Å². The summed E-state index contributed by atoms with van der Waals surface area (Å²) in [6.07, 6.45) is 0.573. The number of hydrogen-bond donors (Lipinski definition) is 0. The quantitative estimate of drug-likeness (QED) is 0.817. The molecule has 0 radical (unpaired) electrons. The molecule has 0 saturated carbocycles. The molecule has 1 heterocycles. The fourth-order valence-electron chi connectivity index (χ4n) is 1.60. The lowest BCUT2D eigenvalue weighted by molar-refractivity contribution is 0.0597. The van der Waals surface area contributed by atoms with E-state index in [1.165, 1.54) is 11.2 Å². The van der Waals surface area contributed by atoms with Gasteiger partial charge in [0.25, 0.3) is 0 Å². The summed E-state index contributed by atoms with van der Waals surface area (Å²) >= 11 is 11.8. The van der Waals surface area contributed by atoms with E-state index < -0.39 is 11.7 Å². The van der Waals surface area contributed by atoms with Crippen molar-refractivity contribution in [1.82, 2.24) is 15.0 Å². The molecule has 0 N–H and O–H groups in total. The van der Waals surface area contributed by atoms with Crippen LogP contribution in [-0.4, -0.2) is 26.6 Å². The van der Waals surface area contributed by atoms with Gasteiger partial charge in [-0.3, -0.25) is 0 Å².